The van der Waals surface area contributed by atoms with Crippen LogP contribution in [0.25, 0.3) is 42.5 Å². The molecule has 0 spiro atoms. The van der Waals surface area contributed by atoms with Crippen LogP contribution < -0.4 is 10.9 Å². The number of benzene rings is 3. The molecule has 7 rings (SSSR count). The van der Waals surface area contributed by atoms with Gasteiger partial charge in [0.2, 0.25) is 0 Å². The fourth-order valence-electron chi connectivity index (χ4n) is 5.22. The molecule has 0 bridgehead atoms. The Morgan fingerprint density at radius 2 is 1.89 bits per heavy atom. The predicted molar refractivity (Wildman–Crippen MR) is 156 cm³/mol. The van der Waals surface area contributed by atoms with E-state index in [1.165, 1.54) is 10.4 Å². The zero-order chi connectivity index (χ0) is 25.8. The van der Waals surface area contributed by atoms with Crippen LogP contribution in [-0.4, -0.2) is 28.9 Å². The highest BCUT2D eigenvalue weighted by Gasteiger charge is 2.28. The molecule has 8 heteroatoms. The summed E-state index contributed by atoms with van der Waals surface area (Å²) in [5, 5.41) is 7.39. The minimum absolute atomic E-state index is 0.00865. The number of hydrogen-bond donors (Lipinski definition) is 1. The first-order valence-electron chi connectivity index (χ1n) is 12.6. The SMILES string of the molecule is CCN1CCc2c(sc(NC(=O)c3cc4c(ccc5ccccc54)oc3=O)c2-c2nc3ccccc3s2)C1. The van der Waals surface area contributed by atoms with E-state index in [4.69, 9.17) is 9.40 Å². The fourth-order valence-corrected chi connectivity index (χ4v) is 7.62. The predicted octanol–water partition coefficient (Wildman–Crippen LogP) is 6.91. The summed E-state index contributed by atoms with van der Waals surface area (Å²) < 4.78 is 6.70. The number of nitrogens with one attached hydrogen (secondary N) is 1. The first-order valence-corrected chi connectivity index (χ1v) is 14.2. The molecule has 0 fully saturated rings. The van der Waals surface area contributed by atoms with Crippen LogP contribution in [0.3, 0.4) is 0 Å². The molecule has 1 amide bonds. The van der Waals surface area contributed by atoms with Crippen LogP contribution in [0.5, 0.6) is 0 Å². The van der Waals surface area contributed by atoms with E-state index in [-0.39, 0.29) is 5.56 Å². The van der Waals surface area contributed by atoms with Crippen LogP contribution in [0.15, 0.2) is 75.9 Å². The molecule has 1 N–H and O–H groups in total. The highest BCUT2D eigenvalue weighted by molar-refractivity contribution is 7.23. The van der Waals surface area contributed by atoms with Gasteiger partial charge in [-0.1, -0.05) is 49.4 Å². The van der Waals surface area contributed by atoms with Crippen molar-refractivity contribution in [3.63, 3.8) is 0 Å². The molecule has 0 saturated heterocycles. The zero-order valence-corrected chi connectivity index (χ0v) is 22.2. The van der Waals surface area contributed by atoms with Gasteiger partial charge in [-0.25, -0.2) is 9.78 Å². The summed E-state index contributed by atoms with van der Waals surface area (Å²) in [6.45, 7) is 4.95. The highest BCUT2D eigenvalue weighted by atomic mass is 32.1. The molecule has 0 unspecified atom stereocenters. The lowest BCUT2D eigenvalue weighted by Gasteiger charge is -2.25. The number of nitrogens with zero attached hydrogens (tertiary/aromatic N) is 2. The first kappa shape index (κ1) is 23.3. The number of aromatic nitrogens is 1. The van der Waals surface area contributed by atoms with Crippen molar-refractivity contribution in [3.8, 4) is 10.6 Å². The van der Waals surface area contributed by atoms with Gasteiger partial charge in [0.25, 0.3) is 5.91 Å². The standard InChI is InChI=1S/C30H23N3O3S2/c1-2-33-14-13-19-25(16-33)38-29(26(19)28-31-22-9-5-6-10-24(22)37-28)32-27(34)21-15-20-18-8-4-3-7-17(18)11-12-23(20)36-30(21)35/h3-12,15H,2,13-14,16H2,1H3,(H,32,34). The number of carbonyl (C=O) groups is 1. The first-order chi connectivity index (χ1) is 18.6. The second-order valence-corrected chi connectivity index (χ2v) is 11.5. The Morgan fingerprint density at radius 1 is 1.05 bits per heavy atom. The number of fused-ring (bicyclic) bond motifs is 5. The van der Waals surface area contributed by atoms with Crippen molar-refractivity contribution in [3.05, 3.63) is 93.2 Å². The molecule has 4 heterocycles. The van der Waals surface area contributed by atoms with Crippen molar-refractivity contribution in [2.24, 2.45) is 0 Å². The Hall–Kier alpha value is -3.85. The van der Waals surface area contributed by atoms with E-state index in [2.05, 4.69) is 23.2 Å². The second-order valence-electron chi connectivity index (χ2n) is 9.41. The molecular weight excluding hydrogens is 514 g/mol. The Morgan fingerprint density at radius 3 is 2.76 bits per heavy atom. The summed E-state index contributed by atoms with van der Waals surface area (Å²) in [5.41, 5.74) is 2.97. The van der Waals surface area contributed by atoms with E-state index in [1.54, 1.807) is 34.8 Å². The Labute approximate surface area is 226 Å². The number of thiazole rings is 1. The number of rotatable bonds is 4. The van der Waals surface area contributed by atoms with Crippen LogP contribution in [0, 0.1) is 0 Å². The van der Waals surface area contributed by atoms with Crippen molar-refractivity contribution >= 4 is 65.5 Å². The van der Waals surface area contributed by atoms with Crippen LogP contribution >= 0.6 is 22.7 Å². The minimum atomic E-state index is -0.648. The third kappa shape index (κ3) is 3.84. The van der Waals surface area contributed by atoms with Gasteiger partial charge in [0, 0.05) is 28.9 Å². The molecule has 0 atom stereocenters. The van der Waals surface area contributed by atoms with E-state index in [1.807, 2.05) is 48.5 Å². The van der Waals surface area contributed by atoms with Crippen molar-refractivity contribution < 1.29 is 9.21 Å². The molecule has 6 nitrogen and oxygen atoms in total. The van der Waals surface area contributed by atoms with Gasteiger partial charge in [-0.2, -0.15) is 0 Å². The zero-order valence-electron chi connectivity index (χ0n) is 20.6. The number of hydrogen-bond acceptors (Lipinski definition) is 7. The summed E-state index contributed by atoms with van der Waals surface area (Å²) in [5.74, 6) is -0.470. The molecule has 38 heavy (non-hydrogen) atoms. The number of thiophene rings is 1. The monoisotopic (exact) mass is 537 g/mol. The lowest BCUT2D eigenvalue weighted by molar-refractivity contribution is 0.102. The number of para-hydroxylation sites is 1. The summed E-state index contributed by atoms with van der Waals surface area (Å²) in [6.07, 6.45) is 0.894. The van der Waals surface area contributed by atoms with Crippen LogP contribution in [-0.2, 0) is 13.0 Å². The van der Waals surface area contributed by atoms with Crippen molar-refractivity contribution in [1.82, 2.24) is 9.88 Å². The maximum absolute atomic E-state index is 13.6. The summed E-state index contributed by atoms with van der Waals surface area (Å²) in [4.78, 5) is 35.1. The summed E-state index contributed by atoms with van der Waals surface area (Å²) in [7, 11) is 0. The van der Waals surface area contributed by atoms with Gasteiger partial charge in [0.1, 0.15) is 21.2 Å². The maximum Gasteiger partial charge on any atom is 0.349 e. The third-order valence-corrected chi connectivity index (χ3v) is 9.39. The Kier molecular flexibility index (Phi) is 5.61. The highest BCUT2D eigenvalue weighted by Crippen LogP contribution is 2.45. The van der Waals surface area contributed by atoms with Gasteiger partial charge in [-0.3, -0.25) is 9.69 Å². The smallest absolute Gasteiger partial charge is 0.349 e. The van der Waals surface area contributed by atoms with E-state index in [0.717, 1.165) is 68.0 Å². The molecule has 0 radical (unpaired) electrons. The summed E-state index contributed by atoms with van der Waals surface area (Å²) in [6, 6.07) is 21.3. The van der Waals surface area contributed by atoms with Gasteiger partial charge in [0.05, 0.1) is 10.2 Å². The minimum Gasteiger partial charge on any atom is -0.422 e. The van der Waals surface area contributed by atoms with Gasteiger partial charge in [-0.15, -0.1) is 22.7 Å². The number of likely N-dealkylation sites (N-methyl/N-ethyl adjacent to an activating group) is 1. The second kappa shape index (κ2) is 9.16. The molecular formula is C30H23N3O3S2. The molecule has 3 aromatic heterocycles. The van der Waals surface area contributed by atoms with Crippen LogP contribution in [0.4, 0.5) is 5.00 Å². The van der Waals surface area contributed by atoms with Gasteiger partial charge < -0.3 is 9.73 Å². The number of amides is 1. The van der Waals surface area contributed by atoms with Gasteiger partial charge in [-0.05, 0) is 53.6 Å². The number of carbonyl (C=O) groups excluding carboxylic acids is 1. The third-order valence-electron chi connectivity index (χ3n) is 7.20. The lowest BCUT2D eigenvalue weighted by atomic mass is 10.0. The van der Waals surface area contributed by atoms with Gasteiger partial charge >= 0.3 is 5.63 Å². The van der Waals surface area contributed by atoms with E-state index in [9.17, 15) is 9.59 Å². The normalized spacial score (nSPS) is 13.8. The van der Waals surface area contributed by atoms with Crippen molar-refractivity contribution in [1.29, 1.82) is 0 Å². The van der Waals surface area contributed by atoms with Crippen molar-refractivity contribution in [2.45, 2.75) is 19.9 Å². The molecule has 0 saturated carbocycles. The average molecular weight is 538 g/mol. The maximum atomic E-state index is 13.6. The van der Waals surface area contributed by atoms with E-state index >= 15 is 0 Å². The molecule has 1 aliphatic heterocycles. The van der Waals surface area contributed by atoms with Crippen molar-refractivity contribution in [2.75, 3.05) is 18.4 Å². The average Bonchev–Trinajstić information content (AvgIpc) is 3.52. The topological polar surface area (TPSA) is 75.4 Å². The lowest BCUT2D eigenvalue weighted by Crippen LogP contribution is -2.29. The van der Waals surface area contributed by atoms with Crippen LogP contribution in [0.1, 0.15) is 27.7 Å². The Bertz CT molecular complexity index is 1900. The van der Waals surface area contributed by atoms with E-state index < -0.39 is 11.5 Å². The molecule has 188 valence electrons. The Balaban J connectivity index is 1.34. The molecule has 3 aromatic carbocycles. The molecule has 1 aliphatic rings. The van der Waals surface area contributed by atoms with E-state index in [0.29, 0.717) is 5.58 Å². The quantitative estimate of drug-likeness (QED) is 0.195. The number of anilines is 1. The fraction of sp³-hybridized carbons (Fsp3) is 0.167. The van der Waals surface area contributed by atoms with Gasteiger partial charge in [0.15, 0.2) is 0 Å². The summed E-state index contributed by atoms with van der Waals surface area (Å²) >= 11 is 3.21. The molecule has 6 aromatic rings. The largest absolute Gasteiger partial charge is 0.422 e. The molecule has 0 aliphatic carbocycles. The van der Waals surface area contributed by atoms with Crippen LogP contribution in [0.2, 0.25) is 0 Å².